The number of nitrogens with one attached hydrogen (secondary N) is 2. The lowest BCUT2D eigenvalue weighted by atomic mass is 10.1. The molecule has 1 fully saturated rings. The van der Waals surface area contributed by atoms with Crippen molar-refractivity contribution in [2.75, 3.05) is 19.7 Å². The normalized spacial score (nSPS) is 19.3. The van der Waals surface area contributed by atoms with Crippen LogP contribution in [0, 0.1) is 0 Å². The number of amides is 1. The molecular formula is C13H26N2O3. The minimum atomic E-state index is -0.459. The first-order valence-corrected chi connectivity index (χ1v) is 6.68. The van der Waals surface area contributed by atoms with Gasteiger partial charge in [0.15, 0.2) is 0 Å². The summed E-state index contributed by atoms with van der Waals surface area (Å²) in [4.78, 5) is 11.5. The molecule has 0 aliphatic carbocycles. The standard InChI is InChI=1S/C13H26N2O3/c1-10(15-12(16)18-13(2,3)4)9-17-11-5-7-14-8-6-11/h10-11,14H,5-9H2,1-4H3,(H,15,16)/t10-/m0/s1. The quantitative estimate of drug-likeness (QED) is 0.805. The van der Waals surface area contributed by atoms with E-state index in [1.165, 1.54) is 0 Å². The highest BCUT2D eigenvalue weighted by Gasteiger charge is 2.19. The maximum Gasteiger partial charge on any atom is 0.407 e. The van der Waals surface area contributed by atoms with Crippen LogP contribution in [0.25, 0.3) is 0 Å². The number of alkyl carbamates (subject to hydrolysis) is 1. The lowest BCUT2D eigenvalue weighted by molar-refractivity contribution is 0.0155. The molecule has 1 rings (SSSR count). The Kier molecular flexibility index (Phi) is 5.88. The minimum Gasteiger partial charge on any atom is -0.444 e. The second kappa shape index (κ2) is 6.95. The average Bonchev–Trinajstić information content (AvgIpc) is 2.25. The van der Waals surface area contributed by atoms with E-state index >= 15 is 0 Å². The van der Waals surface area contributed by atoms with Gasteiger partial charge < -0.3 is 20.1 Å². The summed E-state index contributed by atoms with van der Waals surface area (Å²) in [5.41, 5.74) is -0.459. The van der Waals surface area contributed by atoms with Gasteiger partial charge in [-0.1, -0.05) is 0 Å². The van der Waals surface area contributed by atoms with Gasteiger partial charge in [-0.15, -0.1) is 0 Å². The number of ether oxygens (including phenoxy) is 2. The van der Waals surface area contributed by atoms with E-state index in [1.807, 2.05) is 27.7 Å². The third-order valence-electron chi connectivity index (χ3n) is 2.63. The van der Waals surface area contributed by atoms with Crippen LogP contribution in [0.15, 0.2) is 0 Å². The fourth-order valence-electron chi connectivity index (χ4n) is 1.79. The molecule has 1 atom stereocenters. The third kappa shape index (κ3) is 6.81. The summed E-state index contributed by atoms with van der Waals surface area (Å²) in [6.07, 6.45) is 2.01. The number of hydrogen-bond donors (Lipinski definition) is 2. The van der Waals surface area contributed by atoms with Gasteiger partial charge in [-0.3, -0.25) is 0 Å². The molecule has 0 radical (unpaired) electrons. The number of carbonyl (C=O) groups excluding carboxylic acids is 1. The maximum atomic E-state index is 11.5. The highest BCUT2D eigenvalue weighted by Crippen LogP contribution is 2.09. The molecule has 0 bridgehead atoms. The van der Waals surface area contributed by atoms with Crippen molar-refractivity contribution in [1.29, 1.82) is 0 Å². The number of piperidine rings is 1. The van der Waals surface area contributed by atoms with Gasteiger partial charge in [-0.25, -0.2) is 4.79 Å². The van der Waals surface area contributed by atoms with Crippen molar-refractivity contribution in [3.63, 3.8) is 0 Å². The molecule has 0 spiro atoms. The maximum absolute atomic E-state index is 11.5. The van der Waals surface area contributed by atoms with Gasteiger partial charge >= 0.3 is 6.09 Å². The molecule has 1 aliphatic heterocycles. The number of rotatable bonds is 4. The second-order valence-corrected chi connectivity index (χ2v) is 5.83. The predicted molar refractivity (Wildman–Crippen MR) is 70.7 cm³/mol. The van der Waals surface area contributed by atoms with E-state index in [0.29, 0.717) is 12.7 Å². The Hall–Kier alpha value is -0.810. The Balaban J connectivity index is 2.16. The Bertz CT molecular complexity index is 257. The summed E-state index contributed by atoms with van der Waals surface area (Å²) in [6, 6.07) is -0.0327. The molecule has 0 aromatic carbocycles. The second-order valence-electron chi connectivity index (χ2n) is 5.83. The Morgan fingerprint density at radius 1 is 1.39 bits per heavy atom. The first-order valence-electron chi connectivity index (χ1n) is 6.68. The van der Waals surface area contributed by atoms with Crippen LogP contribution in [0.4, 0.5) is 4.79 Å². The SMILES string of the molecule is C[C@@H](COC1CCNCC1)NC(=O)OC(C)(C)C. The Morgan fingerprint density at radius 3 is 2.56 bits per heavy atom. The minimum absolute atomic E-state index is 0.0327. The highest BCUT2D eigenvalue weighted by atomic mass is 16.6. The molecule has 106 valence electrons. The molecule has 1 heterocycles. The van der Waals surface area contributed by atoms with Gasteiger partial charge in [0.1, 0.15) is 5.60 Å². The van der Waals surface area contributed by atoms with E-state index < -0.39 is 5.60 Å². The monoisotopic (exact) mass is 258 g/mol. The van der Waals surface area contributed by atoms with Crippen molar-refractivity contribution < 1.29 is 14.3 Å². The molecule has 2 N–H and O–H groups in total. The number of hydrogen-bond acceptors (Lipinski definition) is 4. The third-order valence-corrected chi connectivity index (χ3v) is 2.63. The van der Waals surface area contributed by atoms with Gasteiger partial charge in [-0.2, -0.15) is 0 Å². The molecule has 0 saturated carbocycles. The zero-order chi connectivity index (χ0) is 13.6. The topological polar surface area (TPSA) is 59.6 Å². The molecule has 5 nitrogen and oxygen atoms in total. The molecule has 0 unspecified atom stereocenters. The average molecular weight is 258 g/mol. The summed E-state index contributed by atoms with van der Waals surface area (Å²) in [7, 11) is 0. The van der Waals surface area contributed by atoms with Gasteiger partial charge in [0.25, 0.3) is 0 Å². The summed E-state index contributed by atoms with van der Waals surface area (Å²) in [6.45, 7) is 10.0. The van der Waals surface area contributed by atoms with E-state index in [1.54, 1.807) is 0 Å². The van der Waals surface area contributed by atoms with E-state index in [9.17, 15) is 4.79 Å². The van der Waals surface area contributed by atoms with Crippen molar-refractivity contribution in [2.45, 2.75) is 58.3 Å². The fourth-order valence-corrected chi connectivity index (χ4v) is 1.79. The van der Waals surface area contributed by atoms with E-state index in [4.69, 9.17) is 9.47 Å². The van der Waals surface area contributed by atoms with Crippen molar-refractivity contribution >= 4 is 6.09 Å². The Labute approximate surface area is 110 Å². The van der Waals surface area contributed by atoms with E-state index in [-0.39, 0.29) is 12.1 Å². The zero-order valence-corrected chi connectivity index (χ0v) is 11.9. The zero-order valence-electron chi connectivity index (χ0n) is 11.9. The van der Waals surface area contributed by atoms with Crippen LogP contribution in [0.1, 0.15) is 40.5 Å². The smallest absolute Gasteiger partial charge is 0.407 e. The fraction of sp³-hybridized carbons (Fsp3) is 0.923. The molecular weight excluding hydrogens is 232 g/mol. The van der Waals surface area contributed by atoms with E-state index in [2.05, 4.69) is 10.6 Å². The van der Waals surface area contributed by atoms with Crippen LogP contribution in [0.2, 0.25) is 0 Å². The summed E-state index contributed by atoms with van der Waals surface area (Å²) < 4.78 is 11.0. The van der Waals surface area contributed by atoms with Crippen molar-refractivity contribution in [3.8, 4) is 0 Å². The van der Waals surface area contributed by atoms with Crippen LogP contribution in [-0.4, -0.2) is 43.5 Å². The predicted octanol–water partition coefficient (Wildman–Crippen LogP) is 1.67. The first-order chi connectivity index (χ1) is 8.37. The number of carbonyl (C=O) groups is 1. The molecule has 1 amide bonds. The van der Waals surface area contributed by atoms with E-state index in [0.717, 1.165) is 25.9 Å². The lowest BCUT2D eigenvalue weighted by Crippen LogP contribution is -2.41. The van der Waals surface area contributed by atoms with Crippen LogP contribution in [0.5, 0.6) is 0 Å². The van der Waals surface area contributed by atoms with Crippen LogP contribution in [-0.2, 0) is 9.47 Å². The molecule has 5 heteroatoms. The van der Waals surface area contributed by atoms with Crippen LogP contribution < -0.4 is 10.6 Å². The first kappa shape index (κ1) is 15.2. The molecule has 0 aromatic rings. The van der Waals surface area contributed by atoms with Gasteiger partial charge in [0.05, 0.1) is 18.8 Å². The van der Waals surface area contributed by atoms with Crippen molar-refractivity contribution in [1.82, 2.24) is 10.6 Å². The summed E-state index contributed by atoms with van der Waals surface area (Å²) in [5, 5.41) is 6.06. The molecule has 1 aliphatic rings. The van der Waals surface area contributed by atoms with Crippen molar-refractivity contribution in [3.05, 3.63) is 0 Å². The summed E-state index contributed by atoms with van der Waals surface area (Å²) in [5.74, 6) is 0. The summed E-state index contributed by atoms with van der Waals surface area (Å²) >= 11 is 0. The lowest BCUT2D eigenvalue weighted by Gasteiger charge is -2.25. The van der Waals surface area contributed by atoms with Crippen LogP contribution >= 0.6 is 0 Å². The van der Waals surface area contributed by atoms with Crippen molar-refractivity contribution in [2.24, 2.45) is 0 Å². The molecule has 1 saturated heterocycles. The van der Waals surface area contributed by atoms with Crippen LogP contribution in [0.3, 0.4) is 0 Å². The molecule has 18 heavy (non-hydrogen) atoms. The highest BCUT2D eigenvalue weighted by molar-refractivity contribution is 5.68. The van der Waals surface area contributed by atoms with Gasteiger partial charge in [0.2, 0.25) is 0 Å². The van der Waals surface area contributed by atoms with Gasteiger partial charge in [-0.05, 0) is 53.6 Å². The van der Waals surface area contributed by atoms with Gasteiger partial charge in [0, 0.05) is 0 Å². The molecule has 0 aromatic heterocycles. The largest absolute Gasteiger partial charge is 0.444 e. The Morgan fingerprint density at radius 2 is 2.00 bits per heavy atom.